The molecule has 4 nitrogen and oxygen atoms in total. The Morgan fingerprint density at radius 1 is 1.29 bits per heavy atom. The van der Waals surface area contributed by atoms with Gasteiger partial charge in [0.05, 0.1) is 12.2 Å². The number of halogens is 2. The first-order valence-electron chi connectivity index (χ1n) is 5.11. The molecule has 1 aromatic carbocycles. The predicted octanol–water partition coefficient (Wildman–Crippen LogP) is 2.01. The number of hydrogen-bond donors (Lipinski definition) is 1. The Hall–Kier alpha value is -1.98. The maximum Gasteiger partial charge on any atom is 0.152 e. The number of nitrogens with zero attached hydrogens (tertiary/aromatic N) is 3. The maximum atomic E-state index is 13.3. The van der Waals surface area contributed by atoms with E-state index < -0.39 is 11.6 Å². The van der Waals surface area contributed by atoms with Crippen LogP contribution in [-0.4, -0.2) is 14.8 Å². The third kappa shape index (κ3) is 2.41. The summed E-state index contributed by atoms with van der Waals surface area (Å²) in [7, 11) is 1.81. The molecular formula is C11H12F2N4. The molecule has 1 aromatic heterocycles. The molecule has 0 aliphatic heterocycles. The molecule has 17 heavy (non-hydrogen) atoms. The highest BCUT2D eigenvalue weighted by Crippen LogP contribution is 2.15. The molecule has 0 bridgehead atoms. The fraction of sp³-hybridized carbons (Fsp3) is 0.273. The van der Waals surface area contributed by atoms with E-state index in [4.69, 9.17) is 0 Å². The molecule has 0 aliphatic carbocycles. The normalized spacial score (nSPS) is 10.6. The van der Waals surface area contributed by atoms with Crippen LogP contribution in [0.15, 0.2) is 18.2 Å². The van der Waals surface area contributed by atoms with Crippen LogP contribution < -0.4 is 5.32 Å². The van der Waals surface area contributed by atoms with Crippen molar-refractivity contribution in [2.75, 3.05) is 5.32 Å². The second kappa shape index (κ2) is 4.48. The van der Waals surface area contributed by atoms with Gasteiger partial charge in [0.25, 0.3) is 0 Å². The highest BCUT2D eigenvalue weighted by Gasteiger charge is 2.07. The van der Waals surface area contributed by atoms with Gasteiger partial charge in [-0.15, -0.1) is 10.2 Å². The third-order valence-electron chi connectivity index (χ3n) is 2.55. The van der Waals surface area contributed by atoms with Crippen molar-refractivity contribution in [1.29, 1.82) is 0 Å². The van der Waals surface area contributed by atoms with Crippen LogP contribution in [0, 0.1) is 18.6 Å². The Bertz CT molecular complexity index is 536. The number of hydrogen-bond acceptors (Lipinski definition) is 3. The molecule has 0 radical (unpaired) electrons. The van der Waals surface area contributed by atoms with E-state index >= 15 is 0 Å². The summed E-state index contributed by atoms with van der Waals surface area (Å²) in [5.74, 6) is 0.445. The number of anilines is 1. The molecule has 0 unspecified atom stereocenters. The van der Waals surface area contributed by atoms with Crippen LogP contribution in [0.25, 0.3) is 0 Å². The molecule has 0 amide bonds. The third-order valence-corrected chi connectivity index (χ3v) is 2.55. The minimum Gasteiger partial charge on any atom is -0.375 e. The van der Waals surface area contributed by atoms with Crippen LogP contribution >= 0.6 is 0 Å². The summed E-state index contributed by atoms with van der Waals surface area (Å²) >= 11 is 0. The number of rotatable bonds is 3. The Balaban J connectivity index is 2.12. The van der Waals surface area contributed by atoms with E-state index in [1.54, 1.807) is 4.57 Å². The van der Waals surface area contributed by atoms with E-state index in [0.29, 0.717) is 5.82 Å². The van der Waals surface area contributed by atoms with Crippen LogP contribution in [0.3, 0.4) is 0 Å². The zero-order chi connectivity index (χ0) is 12.4. The lowest BCUT2D eigenvalue weighted by molar-refractivity contribution is 0.601. The van der Waals surface area contributed by atoms with Gasteiger partial charge in [0.15, 0.2) is 5.82 Å². The van der Waals surface area contributed by atoms with E-state index in [-0.39, 0.29) is 12.2 Å². The van der Waals surface area contributed by atoms with Crippen LogP contribution in [0.4, 0.5) is 14.5 Å². The summed E-state index contributed by atoms with van der Waals surface area (Å²) in [4.78, 5) is 0. The molecular weight excluding hydrogens is 226 g/mol. The van der Waals surface area contributed by atoms with Gasteiger partial charge in [-0.1, -0.05) is 0 Å². The molecule has 0 atom stereocenters. The second-order valence-corrected chi connectivity index (χ2v) is 3.70. The molecule has 2 aromatic rings. The van der Waals surface area contributed by atoms with E-state index in [0.717, 1.165) is 24.0 Å². The van der Waals surface area contributed by atoms with Gasteiger partial charge < -0.3 is 9.88 Å². The van der Waals surface area contributed by atoms with E-state index in [1.165, 1.54) is 0 Å². The number of benzene rings is 1. The molecule has 0 spiro atoms. The van der Waals surface area contributed by atoms with Gasteiger partial charge in [-0.2, -0.15) is 0 Å². The fourth-order valence-corrected chi connectivity index (χ4v) is 1.41. The highest BCUT2D eigenvalue weighted by molar-refractivity contribution is 5.44. The monoisotopic (exact) mass is 238 g/mol. The van der Waals surface area contributed by atoms with E-state index in [2.05, 4.69) is 15.5 Å². The van der Waals surface area contributed by atoms with Crippen molar-refractivity contribution in [3.05, 3.63) is 41.5 Å². The SMILES string of the molecule is Cc1nnc(CNc2cc(F)ccc2F)n1C. The van der Waals surface area contributed by atoms with Crippen molar-refractivity contribution in [3.8, 4) is 0 Å². The largest absolute Gasteiger partial charge is 0.375 e. The topological polar surface area (TPSA) is 42.7 Å². The molecule has 1 heterocycles. The van der Waals surface area contributed by atoms with Gasteiger partial charge in [-0.05, 0) is 25.1 Å². The lowest BCUT2D eigenvalue weighted by Crippen LogP contribution is -2.07. The molecule has 6 heteroatoms. The van der Waals surface area contributed by atoms with Crippen LogP contribution in [0.1, 0.15) is 11.6 Å². The average molecular weight is 238 g/mol. The summed E-state index contributed by atoms with van der Waals surface area (Å²) < 4.78 is 28.0. The van der Waals surface area contributed by atoms with Crippen molar-refractivity contribution in [3.63, 3.8) is 0 Å². The van der Waals surface area contributed by atoms with Gasteiger partial charge in [-0.25, -0.2) is 8.78 Å². The molecule has 1 N–H and O–H groups in total. The molecule has 0 aliphatic rings. The molecule has 90 valence electrons. The molecule has 2 rings (SSSR count). The minimum absolute atomic E-state index is 0.116. The summed E-state index contributed by atoms with van der Waals surface area (Å²) in [6.07, 6.45) is 0. The number of aryl methyl sites for hydroxylation is 1. The average Bonchev–Trinajstić information content (AvgIpc) is 2.62. The Morgan fingerprint density at radius 2 is 2.06 bits per heavy atom. The fourth-order valence-electron chi connectivity index (χ4n) is 1.41. The van der Waals surface area contributed by atoms with Crippen molar-refractivity contribution in [2.45, 2.75) is 13.5 Å². The van der Waals surface area contributed by atoms with Gasteiger partial charge in [-0.3, -0.25) is 0 Å². The van der Waals surface area contributed by atoms with Gasteiger partial charge in [0, 0.05) is 7.05 Å². The Labute approximate surface area is 97.3 Å². The quantitative estimate of drug-likeness (QED) is 0.889. The summed E-state index contributed by atoms with van der Waals surface area (Å²) in [5, 5.41) is 10.6. The molecule has 0 saturated carbocycles. The number of aromatic nitrogens is 3. The van der Waals surface area contributed by atoms with Crippen LogP contribution in [0.2, 0.25) is 0 Å². The van der Waals surface area contributed by atoms with Gasteiger partial charge in [0.2, 0.25) is 0 Å². The smallest absolute Gasteiger partial charge is 0.152 e. The minimum atomic E-state index is -0.495. The van der Waals surface area contributed by atoms with Crippen LogP contribution in [0.5, 0.6) is 0 Å². The summed E-state index contributed by atoms with van der Waals surface area (Å²) in [6, 6.07) is 3.27. The van der Waals surface area contributed by atoms with Crippen molar-refractivity contribution in [1.82, 2.24) is 14.8 Å². The first kappa shape index (κ1) is 11.5. The van der Waals surface area contributed by atoms with E-state index in [1.807, 2.05) is 14.0 Å². The maximum absolute atomic E-state index is 13.3. The zero-order valence-corrected chi connectivity index (χ0v) is 9.54. The highest BCUT2D eigenvalue weighted by atomic mass is 19.1. The lowest BCUT2D eigenvalue weighted by Gasteiger charge is -2.07. The second-order valence-electron chi connectivity index (χ2n) is 3.70. The summed E-state index contributed by atoms with van der Waals surface area (Å²) in [5.41, 5.74) is 0.116. The lowest BCUT2D eigenvalue weighted by atomic mass is 10.3. The van der Waals surface area contributed by atoms with Crippen molar-refractivity contribution >= 4 is 5.69 Å². The van der Waals surface area contributed by atoms with Crippen molar-refractivity contribution < 1.29 is 8.78 Å². The predicted molar refractivity (Wildman–Crippen MR) is 59.4 cm³/mol. The van der Waals surface area contributed by atoms with Gasteiger partial charge >= 0.3 is 0 Å². The summed E-state index contributed by atoms with van der Waals surface area (Å²) in [6.45, 7) is 2.11. The molecule has 0 saturated heterocycles. The Morgan fingerprint density at radius 3 is 2.71 bits per heavy atom. The van der Waals surface area contributed by atoms with E-state index in [9.17, 15) is 8.78 Å². The Kier molecular flexibility index (Phi) is 3.03. The first-order chi connectivity index (χ1) is 8.08. The standard InChI is InChI=1S/C11H12F2N4/c1-7-15-16-11(17(7)2)6-14-10-5-8(12)3-4-9(10)13/h3-5,14H,6H2,1-2H3. The van der Waals surface area contributed by atoms with Gasteiger partial charge in [0.1, 0.15) is 17.5 Å². The zero-order valence-electron chi connectivity index (χ0n) is 9.54. The molecule has 0 fully saturated rings. The van der Waals surface area contributed by atoms with Crippen molar-refractivity contribution in [2.24, 2.45) is 7.05 Å². The number of nitrogens with one attached hydrogen (secondary N) is 1. The van der Waals surface area contributed by atoms with Crippen LogP contribution in [-0.2, 0) is 13.6 Å². The first-order valence-corrected chi connectivity index (χ1v) is 5.11.